The number of hydrogen-bond donors (Lipinski definition) is 1. The van der Waals surface area contributed by atoms with Crippen LogP contribution in [0.3, 0.4) is 0 Å². The molecule has 0 amide bonds. The third-order valence-corrected chi connectivity index (χ3v) is 3.46. The molecule has 24 heavy (non-hydrogen) atoms. The van der Waals surface area contributed by atoms with E-state index in [1.54, 1.807) is 13.8 Å². The van der Waals surface area contributed by atoms with Crippen molar-refractivity contribution in [2.75, 3.05) is 0 Å². The van der Waals surface area contributed by atoms with Crippen molar-refractivity contribution >= 4 is 12.1 Å². The van der Waals surface area contributed by atoms with Gasteiger partial charge in [-0.1, -0.05) is 25.5 Å². The van der Waals surface area contributed by atoms with Crippen LogP contribution in [0.4, 0.5) is 4.79 Å². The number of ether oxygens (including phenoxy) is 2. The van der Waals surface area contributed by atoms with Gasteiger partial charge in [0.2, 0.25) is 0 Å². The van der Waals surface area contributed by atoms with Gasteiger partial charge in [0, 0.05) is 6.08 Å². The Labute approximate surface area is 145 Å². The first kappa shape index (κ1) is 22.2. The Morgan fingerprint density at radius 1 is 1.21 bits per heavy atom. The zero-order chi connectivity index (χ0) is 18.8. The molecule has 5 heteroatoms. The minimum atomic E-state index is -1.23. The van der Waals surface area contributed by atoms with E-state index in [9.17, 15) is 9.59 Å². The molecule has 0 radical (unpaired) electrons. The fourth-order valence-electron chi connectivity index (χ4n) is 2.27. The lowest BCUT2D eigenvalue weighted by Gasteiger charge is -2.23. The van der Waals surface area contributed by atoms with Crippen LogP contribution in [0, 0.1) is 5.92 Å². The molecule has 0 saturated heterocycles. The highest BCUT2D eigenvalue weighted by molar-refractivity contribution is 5.83. The van der Waals surface area contributed by atoms with Crippen LogP contribution >= 0.6 is 0 Å². The van der Waals surface area contributed by atoms with Crippen molar-refractivity contribution in [2.45, 2.75) is 78.9 Å². The van der Waals surface area contributed by atoms with Crippen LogP contribution < -0.4 is 0 Å². The van der Waals surface area contributed by atoms with Crippen LogP contribution in [0.5, 0.6) is 0 Å². The lowest BCUT2D eigenvalue weighted by atomic mass is 9.95. The molecule has 0 aliphatic carbocycles. The number of carbonyl (C=O) groups is 2. The molecule has 0 rings (SSSR count). The topological polar surface area (TPSA) is 72.8 Å². The number of carbonyl (C=O) groups excluding carboxylic acids is 1. The Morgan fingerprint density at radius 2 is 1.83 bits per heavy atom. The van der Waals surface area contributed by atoms with Crippen LogP contribution in [0.2, 0.25) is 0 Å². The molecule has 0 saturated carbocycles. The number of rotatable bonds is 10. The minimum absolute atomic E-state index is 0.111. The van der Waals surface area contributed by atoms with Gasteiger partial charge in [-0.3, -0.25) is 0 Å². The van der Waals surface area contributed by atoms with Gasteiger partial charge in [-0.05, 0) is 65.4 Å². The smallest absolute Gasteiger partial charge is 0.460 e. The summed E-state index contributed by atoms with van der Waals surface area (Å²) in [7, 11) is 0. The minimum Gasteiger partial charge on any atom is -0.460 e. The second-order valence-corrected chi connectivity index (χ2v) is 7.14. The molecule has 1 unspecified atom stereocenters. The summed E-state index contributed by atoms with van der Waals surface area (Å²) in [6, 6.07) is 0. The molecule has 0 aliphatic heterocycles. The molecule has 0 spiro atoms. The number of carboxylic acid groups (broad SMARTS) is 1. The molecule has 0 heterocycles. The van der Waals surface area contributed by atoms with Crippen molar-refractivity contribution in [3.05, 3.63) is 23.8 Å². The summed E-state index contributed by atoms with van der Waals surface area (Å²) < 4.78 is 9.91. The van der Waals surface area contributed by atoms with Gasteiger partial charge in [0.25, 0.3) is 0 Å². The van der Waals surface area contributed by atoms with Crippen molar-refractivity contribution in [1.82, 2.24) is 0 Å². The fraction of sp³-hybridized carbons (Fsp3) is 0.684. The third-order valence-electron chi connectivity index (χ3n) is 3.46. The summed E-state index contributed by atoms with van der Waals surface area (Å²) in [4.78, 5) is 22.1. The van der Waals surface area contributed by atoms with Crippen LogP contribution in [-0.4, -0.2) is 28.9 Å². The lowest BCUT2D eigenvalue weighted by molar-refractivity contribution is -0.141. The van der Waals surface area contributed by atoms with E-state index in [1.165, 1.54) is 6.08 Å². The van der Waals surface area contributed by atoms with Gasteiger partial charge < -0.3 is 14.6 Å². The van der Waals surface area contributed by atoms with Gasteiger partial charge in [0.1, 0.15) is 5.60 Å². The molecular weight excluding hydrogens is 308 g/mol. The van der Waals surface area contributed by atoms with E-state index >= 15 is 0 Å². The first-order valence-electron chi connectivity index (χ1n) is 8.49. The highest BCUT2D eigenvalue weighted by Crippen LogP contribution is 2.21. The summed E-state index contributed by atoms with van der Waals surface area (Å²) in [5.41, 5.74) is 0.223. The molecule has 5 nitrogen and oxygen atoms in total. The van der Waals surface area contributed by atoms with Crippen LogP contribution in [0.15, 0.2) is 23.8 Å². The molecule has 0 fully saturated rings. The van der Waals surface area contributed by atoms with E-state index < -0.39 is 11.8 Å². The van der Waals surface area contributed by atoms with Crippen molar-refractivity contribution in [3.8, 4) is 0 Å². The highest BCUT2D eigenvalue weighted by Gasteiger charge is 2.22. The second-order valence-electron chi connectivity index (χ2n) is 7.14. The van der Waals surface area contributed by atoms with Gasteiger partial charge in [0.15, 0.2) is 0 Å². The molecule has 0 aromatic carbocycles. The predicted molar refractivity (Wildman–Crippen MR) is 94.9 cm³/mol. The van der Waals surface area contributed by atoms with E-state index in [4.69, 9.17) is 14.6 Å². The van der Waals surface area contributed by atoms with Crippen molar-refractivity contribution in [2.24, 2.45) is 5.92 Å². The average Bonchev–Trinajstić information content (AvgIpc) is 2.35. The van der Waals surface area contributed by atoms with E-state index in [0.29, 0.717) is 12.3 Å². The Kier molecular flexibility index (Phi) is 10.1. The summed E-state index contributed by atoms with van der Waals surface area (Å²) in [6.45, 7) is 11.2. The first-order chi connectivity index (χ1) is 11.0. The van der Waals surface area contributed by atoms with Crippen molar-refractivity contribution in [1.29, 1.82) is 0 Å². The zero-order valence-corrected chi connectivity index (χ0v) is 15.8. The fourth-order valence-corrected chi connectivity index (χ4v) is 2.27. The second kappa shape index (κ2) is 10.9. The summed E-state index contributed by atoms with van der Waals surface area (Å²) in [5, 5.41) is 8.67. The number of allylic oxidation sites excluding steroid dienone is 3. The Balaban J connectivity index is 4.12. The Bertz CT molecular complexity index is 460. The van der Waals surface area contributed by atoms with Crippen molar-refractivity contribution in [3.63, 3.8) is 0 Å². The van der Waals surface area contributed by atoms with Crippen LogP contribution in [0.1, 0.15) is 67.2 Å². The predicted octanol–water partition coefficient (Wildman–Crippen LogP) is 5.11. The molecule has 0 bridgehead atoms. The highest BCUT2D eigenvalue weighted by atomic mass is 16.7. The van der Waals surface area contributed by atoms with Crippen LogP contribution in [0.25, 0.3) is 0 Å². The zero-order valence-electron chi connectivity index (χ0n) is 15.8. The van der Waals surface area contributed by atoms with E-state index in [0.717, 1.165) is 24.8 Å². The molecule has 1 atom stereocenters. The maximum absolute atomic E-state index is 11.5. The molecule has 138 valence electrons. The standard InChI is InChI=1S/C19H32O5/c1-14(2)23-17(20)13-16(4)10-7-9-15(3)11-8-12-19(5,6)24-18(21)22/h7,10,13-15H,8-9,11-12H2,1-6H3,(H,21,22)/b10-7+,16-13+. The number of esters is 1. The van der Waals surface area contributed by atoms with Crippen LogP contribution in [-0.2, 0) is 14.3 Å². The first-order valence-corrected chi connectivity index (χ1v) is 8.49. The number of hydrogen-bond acceptors (Lipinski definition) is 4. The van der Waals surface area contributed by atoms with Gasteiger partial charge in [0.05, 0.1) is 6.10 Å². The van der Waals surface area contributed by atoms with Crippen molar-refractivity contribution < 1.29 is 24.2 Å². The Hall–Kier alpha value is -1.78. The van der Waals surface area contributed by atoms with Gasteiger partial charge in [-0.25, -0.2) is 9.59 Å². The summed E-state index contributed by atoms with van der Waals surface area (Å²) in [5.74, 6) is 0.165. The lowest BCUT2D eigenvalue weighted by Crippen LogP contribution is -2.27. The largest absolute Gasteiger partial charge is 0.506 e. The third kappa shape index (κ3) is 12.7. The van der Waals surface area contributed by atoms with Gasteiger partial charge in [-0.2, -0.15) is 0 Å². The molecule has 1 N–H and O–H groups in total. The molecule has 0 aromatic heterocycles. The summed E-state index contributed by atoms with van der Waals surface area (Å²) in [6.07, 6.45) is 7.65. The monoisotopic (exact) mass is 340 g/mol. The summed E-state index contributed by atoms with van der Waals surface area (Å²) >= 11 is 0. The van der Waals surface area contributed by atoms with E-state index in [-0.39, 0.29) is 12.1 Å². The van der Waals surface area contributed by atoms with E-state index in [2.05, 4.69) is 13.0 Å². The molecular formula is C19H32O5. The molecule has 0 aromatic rings. The average molecular weight is 340 g/mol. The quantitative estimate of drug-likeness (QED) is 0.340. The van der Waals surface area contributed by atoms with E-state index in [1.807, 2.05) is 26.8 Å². The van der Waals surface area contributed by atoms with Gasteiger partial charge >= 0.3 is 12.1 Å². The van der Waals surface area contributed by atoms with Gasteiger partial charge in [-0.15, -0.1) is 0 Å². The Morgan fingerprint density at radius 3 is 2.38 bits per heavy atom. The maximum atomic E-state index is 11.5. The molecule has 0 aliphatic rings. The normalized spacial score (nSPS) is 14.0. The SMILES string of the molecule is CC(/C=C/CC(C)CCCC(C)(C)OC(=O)O)=C\C(=O)OC(C)C. The maximum Gasteiger partial charge on any atom is 0.506 e.